The monoisotopic (exact) mass is 461 g/mol. The Labute approximate surface area is 186 Å². The minimum absolute atomic E-state index is 0.0309. The SMILES string of the molecule is [C-]#[N+]c1cc(Cl)cc(Oc2c(C(C)(F)F)ncn(Cc3c(C)nc(C)[nH]c3=O)c2=O)c1C. The van der Waals surface area contributed by atoms with Crippen molar-refractivity contribution in [2.24, 2.45) is 0 Å². The topological polar surface area (TPSA) is 94.2 Å². The van der Waals surface area contributed by atoms with Crippen LogP contribution in [0.3, 0.4) is 0 Å². The van der Waals surface area contributed by atoms with Gasteiger partial charge in [0.2, 0.25) is 5.75 Å². The molecule has 0 spiro atoms. The maximum Gasteiger partial charge on any atom is 0.297 e. The van der Waals surface area contributed by atoms with Crippen molar-refractivity contribution in [2.45, 2.75) is 40.2 Å². The van der Waals surface area contributed by atoms with E-state index in [1.54, 1.807) is 20.8 Å². The quantitative estimate of drug-likeness (QED) is 0.568. The summed E-state index contributed by atoms with van der Waals surface area (Å²) in [5.41, 5.74) is -1.24. The van der Waals surface area contributed by atoms with Crippen LogP contribution < -0.4 is 15.9 Å². The molecule has 0 fully saturated rings. The molecule has 3 aromatic rings. The Bertz CT molecular complexity index is 1370. The number of rotatable bonds is 5. The van der Waals surface area contributed by atoms with Crippen molar-refractivity contribution in [1.29, 1.82) is 0 Å². The van der Waals surface area contributed by atoms with Gasteiger partial charge in [0.1, 0.15) is 11.6 Å². The van der Waals surface area contributed by atoms with E-state index >= 15 is 0 Å². The maximum atomic E-state index is 14.2. The highest BCUT2D eigenvalue weighted by atomic mass is 35.5. The average molecular weight is 462 g/mol. The van der Waals surface area contributed by atoms with Gasteiger partial charge in [-0.2, -0.15) is 8.78 Å². The van der Waals surface area contributed by atoms with Crippen molar-refractivity contribution in [3.05, 3.63) is 83.9 Å². The van der Waals surface area contributed by atoms with Crippen LogP contribution in [0, 0.1) is 27.3 Å². The van der Waals surface area contributed by atoms with Gasteiger partial charge in [0.15, 0.2) is 11.4 Å². The van der Waals surface area contributed by atoms with E-state index in [9.17, 15) is 18.4 Å². The molecule has 0 unspecified atom stereocenters. The number of nitrogens with one attached hydrogen (secondary N) is 1. The number of benzene rings is 1. The highest BCUT2D eigenvalue weighted by molar-refractivity contribution is 6.31. The van der Waals surface area contributed by atoms with Crippen molar-refractivity contribution in [2.75, 3.05) is 0 Å². The van der Waals surface area contributed by atoms with E-state index in [1.165, 1.54) is 12.1 Å². The third-order valence-electron chi connectivity index (χ3n) is 4.71. The minimum atomic E-state index is -3.50. The zero-order valence-corrected chi connectivity index (χ0v) is 18.3. The van der Waals surface area contributed by atoms with Crippen LogP contribution in [0.2, 0.25) is 5.02 Å². The minimum Gasteiger partial charge on any atom is -0.450 e. The molecule has 0 amide bonds. The third kappa shape index (κ3) is 4.53. The third-order valence-corrected chi connectivity index (χ3v) is 4.93. The number of ether oxygens (including phenoxy) is 1. The molecule has 0 bridgehead atoms. The fourth-order valence-electron chi connectivity index (χ4n) is 3.07. The van der Waals surface area contributed by atoms with Gasteiger partial charge in [-0.15, -0.1) is 0 Å². The summed E-state index contributed by atoms with van der Waals surface area (Å²) in [6.45, 7) is 12.3. The summed E-state index contributed by atoms with van der Waals surface area (Å²) in [4.78, 5) is 39.2. The number of aromatic amines is 1. The fraction of sp³-hybridized carbons (Fsp3) is 0.286. The molecule has 8 nitrogen and oxygen atoms in total. The Hall–Kier alpha value is -3.58. The molecule has 0 saturated carbocycles. The van der Waals surface area contributed by atoms with Gasteiger partial charge in [-0.05, 0) is 38.5 Å². The van der Waals surface area contributed by atoms with Gasteiger partial charge in [0.05, 0.1) is 25.0 Å². The predicted molar refractivity (Wildman–Crippen MR) is 114 cm³/mol. The molecular formula is C21H18ClF2N5O3. The molecule has 32 heavy (non-hydrogen) atoms. The van der Waals surface area contributed by atoms with E-state index in [0.717, 1.165) is 10.9 Å². The van der Waals surface area contributed by atoms with Crippen LogP contribution in [-0.4, -0.2) is 19.5 Å². The average Bonchev–Trinajstić information content (AvgIpc) is 2.68. The fourth-order valence-corrected chi connectivity index (χ4v) is 3.27. The smallest absolute Gasteiger partial charge is 0.297 e. The molecule has 0 aliphatic rings. The first-order valence-corrected chi connectivity index (χ1v) is 9.69. The van der Waals surface area contributed by atoms with Crippen LogP contribution >= 0.6 is 11.6 Å². The molecule has 1 aromatic carbocycles. The van der Waals surface area contributed by atoms with Gasteiger partial charge in [-0.1, -0.05) is 11.6 Å². The number of H-pyrrole nitrogens is 1. The normalized spacial score (nSPS) is 11.3. The zero-order valence-electron chi connectivity index (χ0n) is 17.6. The molecule has 0 aliphatic carbocycles. The van der Waals surface area contributed by atoms with E-state index in [-0.39, 0.29) is 28.6 Å². The lowest BCUT2D eigenvalue weighted by Crippen LogP contribution is -2.29. The van der Waals surface area contributed by atoms with Gasteiger partial charge in [0, 0.05) is 17.6 Å². The van der Waals surface area contributed by atoms with E-state index in [2.05, 4.69) is 19.8 Å². The van der Waals surface area contributed by atoms with Crippen LogP contribution in [0.25, 0.3) is 4.85 Å². The Morgan fingerprint density at radius 3 is 2.56 bits per heavy atom. The second kappa shape index (κ2) is 8.51. The second-order valence-electron chi connectivity index (χ2n) is 7.22. The molecular weight excluding hydrogens is 444 g/mol. The first-order chi connectivity index (χ1) is 14.9. The van der Waals surface area contributed by atoms with E-state index in [4.69, 9.17) is 22.9 Å². The molecule has 0 atom stereocenters. The molecule has 0 aliphatic heterocycles. The van der Waals surface area contributed by atoms with Crippen molar-refractivity contribution in [3.63, 3.8) is 0 Å². The summed E-state index contributed by atoms with van der Waals surface area (Å²) in [7, 11) is 0. The summed E-state index contributed by atoms with van der Waals surface area (Å²) in [5.74, 6) is -3.85. The van der Waals surface area contributed by atoms with Crippen LogP contribution in [0.1, 0.15) is 35.3 Å². The lowest BCUT2D eigenvalue weighted by molar-refractivity contribution is 0.0101. The van der Waals surface area contributed by atoms with Crippen molar-refractivity contribution in [3.8, 4) is 11.5 Å². The number of alkyl halides is 2. The number of hydrogen-bond acceptors (Lipinski definition) is 5. The Morgan fingerprint density at radius 2 is 1.97 bits per heavy atom. The van der Waals surface area contributed by atoms with Crippen molar-refractivity contribution >= 4 is 17.3 Å². The van der Waals surface area contributed by atoms with Crippen LogP contribution in [0.5, 0.6) is 11.5 Å². The first-order valence-electron chi connectivity index (χ1n) is 9.32. The Morgan fingerprint density at radius 1 is 1.28 bits per heavy atom. The summed E-state index contributed by atoms with van der Waals surface area (Å²) < 4.78 is 35.0. The van der Waals surface area contributed by atoms with Gasteiger partial charge < -0.3 is 9.72 Å². The second-order valence-corrected chi connectivity index (χ2v) is 7.66. The van der Waals surface area contributed by atoms with Crippen LogP contribution in [0.4, 0.5) is 14.5 Å². The molecule has 166 valence electrons. The van der Waals surface area contributed by atoms with E-state index in [0.29, 0.717) is 24.0 Å². The predicted octanol–water partition coefficient (Wildman–Crippen LogP) is 4.41. The standard InChI is InChI=1S/C21H18ClF2N5O3/c1-10-15(25-5)6-13(22)7-16(10)32-17-18(21(4,23)24)26-9-29(20(17)31)8-14-11(2)27-12(3)28-19(14)30/h6-7,9H,8H2,1-4H3,(H,27,28,30). The number of halogens is 3. The van der Waals surface area contributed by atoms with Crippen molar-refractivity contribution < 1.29 is 13.5 Å². The number of aryl methyl sites for hydroxylation is 2. The Balaban J connectivity index is 2.18. The zero-order chi connectivity index (χ0) is 23.8. The van der Waals surface area contributed by atoms with Gasteiger partial charge in [-0.3, -0.25) is 14.2 Å². The lowest BCUT2D eigenvalue weighted by atomic mass is 10.1. The maximum absolute atomic E-state index is 14.2. The highest BCUT2D eigenvalue weighted by Gasteiger charge is 2.34. The number of hydrogen-bond donors (Lipinski definition) is 1. The molecule has 0 saturated heterocycles. The van der Waals surface area contributed by atoms with Crippen molar-refractivity contribution in [1.82, 2.24) is 19.5 Å². The van der Waals surface area contributed by atoms with Crippen LogP contribution in [0.15, 0.2) is 28.0 Å². The molecule has 3 rings (SSSR count). The molecule has 1 N–H and O–H groups in total. The van der Waals surface area contributed by atoms with Gasteiger partial charge >= 0.3 is 0 Å². The largest absolute Gasteiger partial charge is 0.450 e. The lowest BCUT2D eigenvalue weighted by Gasteiger charge is -2.18. The summed E-state index contributed by atoms with van der Waals surface area (Å²) in [6, 6.07) is 2.71. The van der Waals surface area contributed by atoms with Crippen LogP contribution in [-0.2, 0) is 12.5 Å². The van der Waals surface area contributed by atoms with E-state index < -0.39 is 28.5 Å². The number of nitrogens with zero attached hydrogens (tertiary/aromatic N) is 4. The molecule has 2 heterocycles. The molecule has 2 aromatic heterocycles. The highest BCUT2D eigenvalue weighted by Crippen LogP contribution is 2.37. The molecule has 0 radical (unpaired) electrons. The Kier molecular flexibility index (Phi) is 6.14. The van der Waals surface area contributed by atoms with Gasteiger partial charge in [0.25, 0.3) is 17.0 Å². The molecule has 11 heteroatoms. The number of aromatic nitrogens is 4. The summed E-state index contributed by atoms with van der Waals surface area (Å²) >= 11 is 6.01. The van der Waals surface area contributed by atoms with Gasteiger partial charge in [-0.25, -0.2) is 14.8 Å². The summed E-state index contributed by atoms with van der Waals surface area (Å²) in [6.07, 6.45) is 0.927. The summed E-state index contributed by atoms with van der Waals surface area (Å²) in [5, 5.41) is 0.138. The van der Waals surface area contributed by atoms with E-state index in [1.807, 2.05) is 0 Å². The first kappa shape index (κ1) is 23.1.